The summed E-state index contributed by atoms with van der Waals surface area (Å²) in [5.74, 6) is 0.399. The maximum atomic E-state index is 12.0. The minimum atomic E-state index is -0.520. The van der Waals surface area contributed by atoms with E-state index in [1.807, 2.05) is 24.3 Å². The molecule has 4 nitrogen and oxygen atoms in total. The third-order valence-electron chi connectivity index (χ3n) is 3.82. The molecule has 1 aliphatic rings. The second-order valence-corrected chi connectivity index (χ2v) is 5.84. The van der Waals surface area contributed by atoms with Gasteiger partial charge in [-0.15, -0.1) is 0 Å². The Morgan fingerprint density at radius 3 is 3.00 bits per heavy atom. The number of hydrogen-bond acceptors (Lipinski definition) is 4. The first kappa shape index (κ1) is 15.4. The fraction of sp³-hybridized carbons (Fsp3) is 0.533. The number of aliphatic hydroxyl groups is 1. The highest BCUT2D eigenvalue weighted by atomic mass is 32.1. The molecule has 0 fully saturated rings. The van der Waals surface area contributed by atoms with Gasteiger partial charge in [-0.1, -0.05) is 44.0 Å². The lowest BCUT2D eigenvalue weighted by atomic mass is 10.0. The first-order valence-corrected chi connectivity index (χ1v) is 7.48. The standard InChI is InChI=1S/C15H22N2O2S/c1-10(9-16-20)6-7-14(19)17-15-12-5-3-2-4-11(12)8-13(15)18/h2-5,10,13,15-16,18,20H,6-9H2,1H3,(H,17,19). The quantitative estimate of drug-likeness (QED) is 0.603. The van der Waals surface area contributed by atoms with Gasteiger partial charge < -0.3 is 10.4 Å². The topological polar surface area (TPSA) is 61.4 Å². The molecule has 3 unspecified atom stereocenters. The SMILES string of the molecule is CC(CCC(=O)NC1c2ccccc2CC1O)CNS. The predicted molar refractivity (Wildman–Crippen MR) is 82.4 cm³/mol. The molecule has 0 radical (unpaired) electrons. The molecule has 0 saturated heterocycles. The van der Waals surface area contributed by atoms with Crippen LogP contribution in [0.2, 0.25) is 0 Å². The zero-order valence-electron chi connectivity index (χ0n) is 11.7. The number of nitrogens with one attached hydrogen (secondary N) is 2. The minimum absolute atomic E-state index is 0.00299. The number of carbonyl (C=O) groups is 1. The van der Waals surface area contributed by atoms with Gasteiger partial charge in [0.1, 0.15) is 0 Å². The zero-order chi connectivity index (χ0) is 14.5. The molecule has 5 heteroatoms. The van der Waals surface area contributed by atoms with Crippen LogP contribution in [0, 0.1) is 5.92 Å². The number of benzene rings is 1. The largest absolute Gasteiger partial charge is 0.390 e. The van der Waals surface area contributed by atoms with Crippen LogP contribution in [-0.4, -0.2) is 23.7 Å². The summed E-state index contributed by atoms with van der Waals surface area (Å²) in [5, 5.41) is 13.0. The van der Waals surface area contributed by atoms with E-state index in [0.717, 1.165) is 24.1 Å². The van der Waals surface area contributed by atoms with Gasteiger partial charge in [0.2, 0.25) is 5.91 Å². The Bertz CT molecular complexity index is 467. The van der Waals surface area contributed by atoms with Gasteiger partial charge in [-0.2, -0.15) is 0 Å². The maximum absolute atomic E-state index is 12.0. The Labute approximate surface area is 125 Å². The van der Waals surface area contributed by atoms with Crippen LogP contribution >= 0.6 is 12.8 Å². The van der Waals surface area contributed by atoms with E-state index in [1.54, 1.807) is 0 Å². The molecule has 20 heavy (non-hydrogen) atoms. The van der Waals surface area contributed by atoms with Crippen LogP contribution in [0.25, 0.3) is 0 Å². The third kappa shape index (κ3) is 3.75. The van der Waals surface area contributed by atoms with Crippen LogP contribution in [0.3, 0.4) is 0 Å². The first-order valence-electron chi connectivity index (χ1n) is 7.04. The van der Waals surface area contributed by atoms with Gasteiger partial charge in [0.05, 0.1) is 12.1 Å². The minimum Gasteiger partial charge on any atom is -0.390 e. The van der Waals surface area contributed by atoms with Crippen molar-refractivity contribution in [3.05, 3.63) is 35.4 Å². The number of carbonyl (C=O) groups excluding carboxylic acids is 1. The van der Waals surface area contributed by atoms with Crippen molar-refractivity contribution in [2.75, 3.05) is 6.54 Å². The summed E-state index contributed by atoms with van der Waals surface area (Å²) in [6, 6.07) is 7.62. The lowest BCUT2D eigenvalue weighted by Crippen LogP contribution is -2.34. The molecule has 3 N–H and O–H groups in total. The molecule has 1 amide bonds. The van der Waals surface area contributed by atoms with Crippen molar-refractivity contribution < 1.29 is 9.90 Å². The smallest absolute Gasteiger partial charge is 0.220 e. The number of hydrogen-bond donors (Lipinski definition) is 4. The van der Waals surface area contributed by atoms with E-state index in [-0.39, 0.29) is 11.9 Å². The molecule has 1 aromatic rings. The molecule has 0 aliphatic heterocycles. The second-order valence-electron chi connectivity index (χ2n) is 5.52. The molecule has 3 atom stereocenters. The predicted octanol–water partition coefficient (Wildman–Crippen LogP) is 1.61. The molecule has 0 bridgehead atoms. The molecule has 110 valence electrons. The van der Waals surface area contributed by atoms with Crippen molar-refractivity contribution in [1.82, 2.24) is 10.0 Å². The van der Waals surface area contributed by atoms with Crippen molar-refractivity contribution in [3.63, 3.8) is 0 Å². The Kier molecular flexibility index (Phi) is 5.46. The number of thiol groups is 1. The molecular weight excluding hydrogens is 272 g/mol. The Hall–Kier alpha value is -1.04. The first-order chi connectivity index (χ1) is 9.61. The van der Waals surface area contributed by atoms with Crippen molar-refractivity contribution in [1.29, 1.82) is 0 Å². The molecule has 1 aromatic carbocycles. The van der Waals surface area contributed by atoms with E-state index in [1.165, 1.54) is 0 Å². The average Bonchev–Trinajstić information content (AvgIpc) is 2.73. The molecule has 2 rings (SSSR count). The summed E-state index contributed by atoms with van der Waals surface area (Å²) < 4.78 is 2.81. The van der Waals surface area contributed by atoms with E-state index < -0.39 is 6.10 Å². The van der Waals surface area contributed by atoms with E-state index >= 15 is 0 Å². The zero-order valence-corrected chi connectivity index (χ0v) is 12.6. The van der Waals surface area contributed by atoms with E-state index in [0.29, 0.717) is 18.8 Å². The van der Waals surface area contributed by atoms with Crippen molar-refractivity contribution >= 4 is 18.7 Å². The highest BCUT2D eigenvalue weighted by Gasteiger charge is 2.31. The van der Waals surface area contributed by atoms with Gasteiger partial charge in [0.25, 0.3) is 0 Å². The summed E-state index contributed by atoms with van der Waals surface area (Å²) in [5.41, 5.74) is 2.16. The van der Waals surface area contributed by atoms with E-state index in [2.05, 4.69) is 29.8 Å². The summed E-state index contributed by atoms with van der Waals surface area (Å²) in [6.07, 6.45) is 1.38. The summed E-state index contributed by atoms with van der Waals surface area (Å²) in [6.45, 7) is 2.86. The fourth-order valence-corrected chi connectivity index (χ4v) is 2.94. The molecule has 0 aromatic heterocycles. The van der Waals surface area contributed by atoms with Crippen LogP contribution in [0.1, 0.15) is 36.9 Å². The number of fused-ring (bicyclic) bond motifs is 1. The number of aliphatic hydroxyl groups excluding tert-OH is 1. The summed E-state index contributed by atoms with van der Waals surface area (Å²) in [4.78, 5) is 12.0. The molecule has 0 spiro atoms. The highest BCUT2D eigenvalue weighted by Crippen LogP contribution is 2.31. The van der Waals surface area contributed by atoms with Gasteiger partial charge >= 0.3 is 0 Å². The monoisotopic (exact) mass is 294 g/mol. The lowest BCUT2D eigenvalue weighted by molar-refractivity contribution is -0.122. The van der Waals surface area contributed by atoms with Crippen LogP contribution in [-0.2, 0) is 11.2 Å². The Morgan fingerprint density at radius 2 is 2.25 bits per heavy atom. The van der Waals surface area contributed by atoms with Crippen LogP contribution in [0.15, 0.2) is 24.3 Å². The number of rotatable bonds is 6. The average molecular weight is 294 g/mol. The molecule has 0 heterocycles. The van der Waals surface area contributed by atoms with Crippen LogP contribution in [0.4, 0.5) is 0 Å². The Balaban J connectivity index is 1.88. The van der Waals surface area contributed by atoms with E-state index in [4.69, 9.17) is 0 Å². The van der Waals surface area contributed by atoms with Gasteiger partial charge in [0.15, 0.2) is 0 Å². The molecule has 1 aliphatic carbocycles. The normalized spacial score (nSPS) is 22.4. The summed E-state index contributed by atoms with van der Waals surface area (Å²) in [7, 11) is 0. The molecule has 0 saturated carbocycles. The lowest BCUT2D eigenvalue weighted by Gasteiger charge is -2.18. The third-order valence-corrected chi connectivity index (χ3v) is 4.01. The van der Waals surface area contributed by atoms with Gasteiger partial charge in [0, 0.05) is 19.4 Å². The maximum Gasteiger partial charge on any atom is 0.220 e. The number of amides is 1. The second kappa shape index (κ2) is 7.11. The van der Waals surface area contributed by atoms with E-state index in [9.17, 15) is 9.90 Å². The summed E-state index contributed by atoms with van der Waals surface area (Å²) >= 11 is 3.96. The Morgan fingerprint density at radius 1 is 1.50 bits per heavy atom. The van der Waals surface area contributed by atoms with Crippen molar-refractivity contribution in [2.24, 2.45) is 5.92 Å². The van der Waals surface area contributed by atoms with Crippen LogP contribution in [0.5, 0.6) is 0 Å². The van der Waals surface area contributed by atoms with Crippen LogP contribution < -0.4 is 10.0 Å². The van der Waals surface area contributed by atoms with Crippen molar-refractivity contribution in [2.45, 2.75) is 38.3 Å². The fourth-order valence-electron chi connectivity index (χ4n) is 2.63. The van der Waals surface area contributed by atoms with Gasteiger partial charge in [-0.05, 0) is 23.5 Å². The van der Waals surface area contributed by atoms with Gasteiger partial charge in [-0.25, -0.2) is 0 Å². The molecular formula is C15H22N2O2S. The van der Waals surface area contributed by atoms with Crippen molar-refractivity contribution in [3.8, 4) is 0 Å². The van der Waals surface area contributed by atoms with Gasteiger partial charge in [-0.3, -0.25) is 9.52 Å². The highest BCUT2D eigenvalue weighted by molar-refractivity contribution is 7.78.